The van der Waals surface area contributed by atoms with Crippen molar-refractivity contribution in [3.63, 3.8) is 0 Å². The van der Waals surface area contributed by atoms with E-state index in [9.17, 15) is 24.9 Å². The van der Waals surface area contributed by atoms with Crippen LogP contribution in [0.25, 0.3) is 0 Å². The lowest BCUT2D eigenvalue weighted by molar-refractivity contribution is 0.0322. The molecule has 2 amide bonds. The molecule has 10 heteroatoms. The Morgan fingerprint density at radius 3 is 2.27 bits per heavy atom. The second kappa shape index (κ2) is 19.9. The van der Waals surface area contributed by atoms with E-state index in [2.05, 4.69) is 11.8 Å². The monoisotopic (exact) mass is 757 g/mol. The quantitative estimate of drug-likeness (QED) is 0.141. The number of rotatable bonds is 19. The average Bonchev–Trinajstić information content (AvgIpc) is 3.69. The fraction of sp³-hybridized carbons (Fsp3) is 0.556. The van der Waals surface area contributed by atoms with Crippen molar-refractivity contribution < 1.29 is 34.4 Å². The highest BCUT2D eigenvalue weighted by atomic mass is 16.5. The van der Waals surface area contributed by atoms with Crippen molar-refractivity contribution in [3.8, 4) is 5.75 Å². The van der Waals surface area contributed by atoms with Crippen molar-refractivity contribution >= 4 is 11.8 Å². The number of morpholine rings is 1. The van der Waals surface area contributed by atoms with Gasteiger partial charge in [-0.25, -0.2) is 0 Å². The van der Waals surface area contributed by atoms with E-state index in [-0.39, 0.29) is 43.5 Å². The Morgan fingerprint density at radius 1 is 0.909 bits per heavy atom. The summed E-state index contributed by atoms with van der Waals surface area (Å²) in [5, 5.41) is 31.5. The molecule has 0 radical (unpaired) electrons. The minimum Gasteiger partial charge on any atom is -0.492 e. The number of carbonyl (C=O) groups excluding carboxylic acids is 2. The molecule has 3 aromatic rings. The first kappa shape index (κ1) is 42.3. The molecule has 1 aliphatic heterocycles. The molecule has 1 saturated heterocycles. The van der Waals surface area contributed by atoms with Crippen molar-refractivity contribution in [2.24, 2.45) is 0 Å². The SMILES string of the molecule is CCC1(N(CCO)C(=O)c2ccccc2CCC(O)Cc2ccc(C)cc2C(=O)N(CCO)C(C)(C)c2ccc(OCCN3CCOCC3)cc2)CCCC1. The summed E-state index contributed by atoms with van der Waals surface area (Å²) < 4.78 is 11.5. The standard InChI is InChI=1S/C45H63N3O7/c1-5-45(20-8-9-21-45)48(23-28-50)42(52)40-11-7-6-10-35(40)14-17-38(51)33-36-13-12-34(2)32-41(36)43(53)47(22-27-49)44(3,4)37-15-18-39(19-16-37)55-31-26-46-24-29-54-30-25-46/h6-7,10-13,15-16,18-19,32,38,49-51H,5,8-9,14,17,20-31,33H2,1-4H3. The average molecular weight is 758 g/mol. The van der Waals surface area contributed by atoms with Gasteiger partial charge < -0.3 is 34.6 Å². The summed E-state index contributed by atoms with van der Waals surface area (Å²) in [5.74, 6) is 0.482. The molecule has 3 aromatic carbocycles. The highest BCUT2D eigenvalue weighted by Gasteiger charge is 2.41. The van der Waals surface area contributed by atoms with Gasteiger partial charge in [-0.1, -0.05) is 67.8 Å². The number of hydrogen-bond acceptors (Lipinski definition) is 8. The highest BCUT2D eigenvalue weighted by molar-refractivity contribution is 5.97. The van der Waals surface area contributed by atoms with E-state index in [1.54, 1.807) is 4.90 Å². The van der Waals surface area contributed by atoms with Crippen LogP contribution in [0, 0.1) is 6.92 Å². The molecule has 5 rings (SSSR count). The summed E-state index contributed by atoms with van der Waals surface area (Å²) in [4.78, 5) is 34.5. The fourth-order valence-electron chi connectivity index (χ4n) is 8.45. The van der Waals surface area contributed by atoms with E-state index in [0.717, 1.165) is 93.0 Å². The lowest BCUT2D eigenvalue weighted by atomic mass is 9.89. The number of aliphatic hydroxyl groups is 3. The minimum absolute atomic E-state index is 0.0631. The summed E-state index contributed by atoms with van der Waals surface area (Å²) in [6.45, 7) is 12.9. The molecule has 1 saturated carbocycles. The summed E-state index contributed by atoms with van der Waals surface area (Å²) in [6.07, 6.45) is 5.27. The Hall–Kier alpha value is -3.80. The smallest absolute Gasteiger partial charge is 0.254 e. The Balaban J connectivity index is 1.27. The fourth-order valence-corrected chi connectivity index (χ4v) is 8.45. The van der Waals surface area contributed by atoms with Crippen molar-refractivity contribution in [3.05, 3.63) is 100 Å². The van der Waals surface area contributed by atoms with Gasteiger partial charge in [-0.3, -0.25) is 14.5 Å². The Morgan fingerprint density at radius 2 is 1.60 bits per heavy atom. The number of aliphatic hydroxyl groups excluding tert-OH is 3. The first-order chi connectivity index (χ1) is 26.5. The topological polar surface area (TPSA) is 123 Å². The molecule has 300 valence electrons. The molecular weight excluding hydrogens is 695 g/mol. The van der Waals surface area contributed by atoms with E-state index in [1.165, 1.54) is 0 Å². The van der Waals surface area contributed by atoms with E-state index in [4.69, 9.17) is 9.47 Å². The largest absolute Gasteiger partial charge is 0.492 e. The number of amides is 2. The van der Waals surface area contributed by atoms with Gasteiger partial charge in [0.25, 0.3) is 11.8 Å². The summed E-state index contributed by atoms with van der Waals surface area (Å²) in [6, 6.07) is 21.1. The third-order valence-electron chi connectivity index (χ3n) is 11.9. The van der Waals surface area contributed by atoms with Crippen LogP contribution < -0.4 is 4.74 Å². The Kier molecular flexibility index (Phi) is 15.3. The van der Waals surface area contributed by atoms with Gasteiger partial charge in [-0.2, -0.15) is 0 Å². The Bertz CT molecular complexity index is 1680. The van der Waals surface area contributed by atoms with Crippen molar-refractivity contribution in [1.82, 2.24) is 14.7 Å². The lowest BCUT2D eigenvalue weighted by Gasteiger charge is -2.41. The Labute approximate surface area is 328 Å². The van der Waals surface area contributed by atoms with Crippen LogP contribution in [0.5, 0.6) is 5.75 Å². The zero-order valence-corrected chi connectivity index (χ0v) is 33.5. The lowest BCUT2D eigenvalue weighted by Crippen LogP contribution is -2.51. The number of nitrogens with zero attached hydrogens (tertiary/aromatic N) is 3. The molecule has 0 bridgehead atoms. The van der Waals surface area contributed by atoms with Crippen LogP contribution in [-0.2, 0) is 23.1 Å². The van der Waals surface area contributed by atoms with E-state index in [0.29, 0.717) is 37.1 Å². The van der Waals surface area contributed by atoms with Crippen molar-refractivity contribution in [1.29, 1.82) is 0 Å². The predicted molar refractivity (Wildman–Crippen MR) is 216 cm³/mol. The normalized spacial score (nSPS) is 16.5. The van der Waals surface area contributed by atoms with Crippen LogP contribution in [0.3, 0.4) is 0 Å². The molecule has 1 unspecified atom stereocenters. The van der Waals surface area contributed by atoms with Crippen LogP contribution in [0.15, 0.2) is 66.7 Å². The zero-order valence-electron chi connectivity index (χ0n) is 33.5. The molecule has 2 aliphatic rings. The first-order valence-electron chi connectivity index (χ1n) is 20.3. The molecule has 3 N–H and O–H groups in total. The summed E-state index contributed by atoms with van der Waals surface area (Å²) in [7, 11) is 0. The van der Waals surface area contributed by atoms with Gasteiger partial charge in [0, 0.05) is 49.4 Å². The second-order valence-corrected chi connectivity index (χ2v) is 15.7. The number of hydrogen-bond donors (Lipinski definition) is 3. The zero-order chi connectivity index (χ0) is 39.4. The molecular formula is C45H63N3O7. The van der Waals surface area contributed by atoms with Crippen molar-refractivity contribution in [2.45, 2.75) is 96.2 Å². The molecule has 2 fully saturated rings. The maximum Gasteiger partial charge on any atom is 0.254 e. The summed E-state index contributed by atoms with van der Waals surface area (Å²) in [5.41, 5.74) is 3.55. The minimum atomic E-state index is -0.766. The van der Waals surface area contributed by atoms with Crippen molar-refractivity contribution in [2.75, 3.05) is 65.8 Å². The van der Waals surface area contributed by atoms with E-state index in [1.807, 2.05) is 92.4 Å². The molecule has 55 heavy (non-hydrogen) atoms. The molecule has 10 nitrogen and oxygen atoms in total. The number of ether oxygens (including phenoxy) is 2. The van der Waals surface area contributed by atoms with Gasteiger partial charge in [0.05, 0.1) is 38.1 Å². The molecule has 0 spiro atoms. The van der Waals surface area contributed by atoms with Crippen LogP contribution >= 0.6 is 0 Å². The first-order valence-corrected chi connectivity index (χ1v) is 20.3. The van der Waals surface area contributed by atoms with Gasteiger partial charge >= 0.3 is 0 Å². The number of β-amino-alcohol motifs (C(OH)–C–C–N with tert-alkyl or cyclic N) is 1. The van der Waals surface area contributed by atoms with Crippen LogP contribution in [0.4, 0.5) is 0 Å². The predicted octanol–water partition coefficient (Wildman–Crippen LogP) is 5.77. The van der Waals surface area contributed by atoms with Gasteiger partial charge in [0.1, 0.15) is 12.4 Å². The number of benzene rings is 3. The number of aryl methyl sites for hydroxylation is 2. The van der Waals surface area contributed by atoms with Crippen LogP contribution in [0.2, 0.25) is 0 Å². The molecule has 0 aromatic heterocycles. The van der Waals surface area contributed by atoms with Crippen LogP contribution in [0.1, 0.15) is 102 Å². The van der Waals surface area contributed by atoms with Gasteiger partial charge in [0.15, 0.2) is 0 Å². The number of carbonyl (C=O) groups is 2. The summed E-state index contributed by atoms with van der Waals surface area (Å²) >= 11 is 0. The third-order valence-corrected chi connectivity index (χ3v) is 11.9. The van der Waals surface area contributed by atoms with Gasteiger partial charge in [-0.15, -0.1) is 0 Å². The van der Waals surface area contributed by atoms with Gasteiger partial charge in [0.2, 0.25) is 0 Å². The van der Waals surface area contributed by atoms with E-state index < -0.39 is 11.6 Å². The molecule has 1 atom stereocenters. The van der Waals surface area contributed by atoms with E-state index >= 15 is 0 Å². The maximum atomic E-state index is 14.5. The van der Waals surface area contributed by atoms with Crippen LogP contribution in [-0.4, -0.2) is 119 Å². The second-order valence-electron chi connectivity index (χ2n) is 15.7. The highest BCUT2D eigenvalue weighted by Crippen LogP contribution is 2.39. The maximum absolute atomic E-state index is 14.5. The molecule has 1 aliphatic carbocycles. The third kappa shape index (κ3) is 10.5. The van der Waals surface area contributed by atoms with Gasteiger partial charge in [-0.05, 0) is 100 Å². The molecule has 1 heterocycles.